The minimum absolute atomic E-state index is 0.240. The summed E-state index contributed by atoms with van der Waals surface area (Å²) in [6.45, 7) is 7.80. The summed E-state index contributed by atoms with van der Waals surface area (Å²) in [5.74, 6) is -1.56. The van der Waals surface area contributed by atoms with Crippen LogP contribution in [-0.2, 0) is 9.59 Å². The van der Waals surface area contributed by atoms with E-state index in [0.717, 1.165) is 0 Å². The van der Waals surface area contributed by atoms with E-state index in [1.165, 1.54) is 27.6 Å². The quantitative estimate of drug-likeness (QED) is 0.592. The summed E-state index contributed by atoms with van der Waals surface area (Å²) < 4.78 is 1.36. The van der Waals surface area contributed by atoms with E-state index in [9.17, 15) is 9.59 Å². The second-order valence-electron chi connectivity index (χ2n) is 3.23. The standard InChI is InChI=1S/C8H16N2O2S2/c1-5(2)13-10(14-6(3)4)8(12)7(9)11/h5-6H,1-4H3,(H2,9,11). The van der Waals surface area contributed by atoms with Crippen molar-refractivity contribution in [1.29, 1.82) is 0 Å². The molecule has 0 aromatic heterocycles. The first-order chi connectivity index (χ1) is 6.34. The zero-order chi connectivity index (χ0) is 11.3. The van der Waals surface area contributed by atoms with Gasteiger partial charge < -0.3 is 5.73 Å². The first kappa shape index (κ1) is 13.6. The minimum atomic E-state index is -0.911. The van der Waals surface area contributed by atoms with Gasteiger partial charge in [-0.1, -0.05) is 27.7 Å². The number of hydrogen-bond acceptors (Lipinski definition) is 4. The van der Waals surface area contributed by atoms with Crippen molar-refractivity contribution in [2.45, 2.75) is 38.2 Å². The maximum Gasteiger partial charge on any atom is 0.331 e. The van der Waals surface area contributed by atoms with Gasteiger partial charge in [-0.3, -0.25) is 9.59 Å². The van der Waals surface area contributed by atoms with Crippen LogP contribution < -0.4 is 5.73 Å². The third-order valence-corrected chi connectivity index (χ3v) is 3.06. The SMILES string of the molecule is CC(C)SN(SC(C)C)C(=O)C(N)=O. The van der Waals surface area contributed by atoms with Gasteiger partial charge in [-0.15, -0.1) is 0 Å². The molecule has 2 N–H and O–H groups in total. The van der Waals surface area contributed by atoms with E-state index in [2.05, 4.69) is 0 Å². The lowest BCUT2D eigenvalue weighted by molar-refractivity contribution is -0.138. The Kier molecular flexibility index (Phi) is 6.03. The van der Waals surface area contributed by atoms with Crippen LogP contribution in [0.2, 0.25) is 0 Å². The molecule has 0 spiro atoms. The number of nitrogens with zero attached hydrogens (tertiary/aromatic N) is 1. The summed E-state index contributed by atoms with van der Waals surface area (Å²) in [4.78, 5) is 22.0. The zero-order valence-corrected chi connectivity index (χ0v) is 10.4. The molecule has 0 atom stereocenters. The Labute approximate surface area is 93.2 Å². The van der Waals surface area contributed by atoms with Crippen molar-refractivity contribution in [2.75, 3.05) is 0 Å². The van der Waals surface area contributed by atoms with Crippen molar-refractivity contribution in [1.82, 2.24) is 3.71 Å². The third kappa shape index (κ3) is 5.39. The second-order valence-corrected chi connectivity index (χ2v) is 6.50. The van der Waals surface area contributed by atoms with Crippen LogP contribution in [0, 0.1) is 0 Å². The lowest BCUT2D eigenvalue weighted by Gasteiger charge is -2.21. The molecule has 0 aromatic carbocycles. The van der Waals surface area contributed by atoms with Gasteiger partial charge >= 0.3 is 11.8 Å². The highest BCUT2D eigenvalue weighted by Gasteiger charge is 2.22. The van der Waals surface area contributed by atoms with Crippen LogP contribution in [0.25, 0.3) is 0 Å². The number of hydrogen-bond donors (Lipinski definition) is 1. The van der Waals surface area contributed by atoms with E-state index < -0.39 is 11.8 Å². The molecular weight excluding hydrogens is 220 g/mol. The van der Waals surface area contributed by atoms with Crippen LogP contribution in [0.5, 0.6) is 0 Å². The first-order valence-corrected chi connectivity index (χ1v) is 5.99. The Morgan fingerprint density at radius 1 is 1.07 bits per heavy atom. The third-order valence-electron chi connectivity index (χ3n) is 0.990. The van der Waals surface area contributed by atoms with Crippen LogP contribution in [0.15, 0.2) is 0 Å². The Bertz CT molecular complexity index is 209. The first-order valence-electron chi connectivity index (χ1n) is 4.32. The van der Waals surface area contributed by atoms with Gasteiger partial charge in [0, 0.05) is 10.5 Å². The Hall–Kier alpha value is -0.360. The summed E-state index contributed by atoms with van der Waals surface area (Å²) in [6.07, 6.45) is 0. The molecule has 0 aliphatic rings. The average Bonchev–Trinajstić information content (AvgIpc) is 1.99. The number of rotatable bonds is 4. The van der Waals surface area contributed by atoms with E-state index in [0.29, 0.717) is 0 Å². The van der Waals surface area contributed by atoms with E-state index in [1.54, 1.807) is 0 Å². The number of primary amides is 1. The molecule has 14 heavy (non-hydrogen) atoms. The monoisotopic (exact) mass is 236 g/mol. The Balaban J connectivity index is 4.38. The number of carbonyl (C=O) groups is 2. The van der Waals surface area contributed by atoms with Crippen LogP contribution in [0.1, 0.15) is 27.7 Å². The van der Waals surface area contributed by atoms with Crippen molar-refractivity contribution in [2.24, 2.45) is 5.73 Å². The molecule has 0 unspecified atom stereocenters. The van der Waals surface area contributed by atoms with E-state index in [4.69, 9.17) is 5.73 Å². The van der Waals surface area contributed by atoms with Crippen LogP contribution >= 0.6 is 23.9 Å². The summed E-state index contributed by atoms with van der Waals surface area (Å²) in [5.41, 5.74) is 4.93. The molecule has 0 saturated heterocycles. The van der Waals surface area contributed by atoms with Crippen LogP contribution in [0.3, 0.4) is 0 Å². The molecule has 0 saturated carbocycles. The molecular formula is C8H16N2O2S2. The van der Waals surface area contributed by atoms with Gasteiger partial charge in [0.1, 0.15) is 0 Å². The second kappa shape index (κ2) is 6.19. The number of amides is 2. The molecule has 0 aromatic rings. The fraction of sp³-hybridized carbons (Fsp3) is 0.750. The Morgan fingerprint density at radius 2 is 1.43 bits per heavy atom. The molecule has 0 bridgehead atoms. The van der Waals surface area contributed by atoms with Crippen LogP contribution in [-0.4, -0.2) is 26.0 Å². The van der Waals surface area contributed by atoms with Gasteiger partial charge in [0.05, 0.1) is 0 Å². The molecule has 0 aliphatic heterocycles. The fourth-order valence-electron chi connectivity index (χ4n) is 0.594. The van der Waals surface area contributed by atoms with Crippen molar-refractivity contribution >= 4 is 35.7 Å². The van der Waals surface area contributed by atoms with E-state index in [-0.39, 0.29) is 10.5 Å². The van der Waals surface area contributed by atoms with Crippen molar-refractivity contribution in [3.05, 3.63) is 0 Å². The molecule has 82 valence electrons. The molecule has 0 fully saturated rings. The van der Waals surface area contributed by atoms with Gasteiger partial charge in [-0.25, -0.2) is 3.71 Å². The molecule has 0 radical (unpaired) electrons. The smallest absolute Gasteiger partial charge is 0.331 e. The van der Waals surface area contributed by atoms with Crippen molar-refractivity contribution < 1.29 is 9.59 Å². The fourth-order valence-corrected chi connectivity index (χ4v) is 2.96. The topological polar surface area (TPSA) is 63.4 Å². The predicted molar refractivity (Wildman–Crippen MR) is 61.5 cm³/mol. The Morgan fingerprint density at radius 3 is 1.64 bits per heavy atom. The molecule has 0 aliphatic carbocycles. The maximum absolute atomic E-state index is 11.3. The molecule has 4 nitrogen and oxygen atoms in total. The van der Waals surface area contributed by atoms with Crippen molar-refractivity contribution in [3.8, 4) is 0 Å². The largest absolute Gasteiger partial charge is 0.361 e. The number of nitrogens with two attached hydrogens (primary N) is 1. The van der Waals surface area contributed by atoms with Crippen molar-refractivity contribution in [3.63, 3.8) is 0 Å². The average molecular weight is 236 g/mol. The van der Waals surface area contributed by atoms with E-state index >= 15 is 0 Å². The van der Waals surface area contributed by atoms with E-state index in [1.807, 2.05) is 27.7 Å². The summed E-state index contributed by atoms with van der Waals surface area (Å²) in [7, 11) is 0. The van der Waals surface area contributed by atoms with Gasteiger partial charge in [-0.2, -0.15) is 0 Å². The predicted octanol–water partition coefficient (Wildman–Crippen LogP) is 1.41. The molecule has 0 rings (SSSR count). The highest BCUT2D eigenvalue weighted by molar-refractivity contribution is 8.13. The normalized spacial score (nSPS) is 10.7. The highest BCUT2D eigenvalue weighted by Crippen LogP contribution is 2.28. The summed E-state index contributed by atoms with van der Waals surface area (Å²) in [6, 6.07) is 0. The summed E-state index contributed by atoms with van der Waals surface area (Å²) in [5, 5.41) is 0.481. The number of carbonyl (C=O) groups excluding carboxylic acids is 2. The molecule has 2 amide bonds. The highest BCUT2D eigenvalue weighted by atomic mass is 32.2. The molecule has 0 heterocycles. The van der Waals surface area contributed by atoms with Gasteiger partial charge in [0.15, 0.2) is 0 Å². The van der Waals surface area contributed by atoms with Gasteiger partial charge in [0.2, 0.25) is 0 Å². The summed E-state index contributed by atoms with van der Waals surface area (Å²) >= 11 is 2.62. The zero-order valence-electron chi connectivity index (χ0n) is 8.81. The van der Waals surface area contributed by atoms with Gasteiger partial charge in [0.25, 0.3) is 0 Å². The lowest BCUT2D eigenvalue weighted by Crippen LogP contribution is -2.33. The molecule has 6 heteroatoms. The maximum atomic E-state index is 11.3. The van der Waals surface area contributed by atoms with Crippen LogP contribution in [0.4, 0.5) is 0 Å². The van der Waals surface area contributed by atoms with Gasteiger partial charge in [-0.05, 0) is 23.9 Å². The minimum Gasteiger partial charge on any atom is -0.361 e. The lowest BCUT2D eigenvalue weighted by atomic mass is 10.6.